The molecule has 0 radical (unpaired) electrons. The highest BCUT2D eigenvalue weighted by Gasteiger charge is 2.22. The number of H-pyrrole nitrogens is 1. The van der Waals surface area contributed by atoms with Gasteiger partial charge in [0.25, 0.3) is 5.56 Å². The molecule has 2 aromatic heterocycles. The standard InChI is InChI=1S/C18H22N6O2S/c1-11(2)23(12(3)4)15(25)9-27-18-21-14-8-6-5-7-13(14)16(26)24(18)17-19-10-20-22-17/h5-8,10-12H,9H2,1-4H3,(H,19,20,22). The van der Waals surface area contributed by atoms with Crippen LogP contribution in [0, 0.1) is 0 Å². The van der Waals surface area contributed by atoms with E-state index in [4.69, 9.17) is 0 Å². The Kier molecular flexibility index (Phi) is 5.59. The SMILES string of the molecule is CC(C)N(C(=O)CSc1nc2ccccc2c(=O)n1-c1ncn[nH]1)C(C)C. The van der Waals surface area contributed by atoms with Crippen molar-refractivity contribution >= 4 is 28.6 Å². The van der Waals surface area contributed by atoms with E-state index >= 15 is 0 Å². The van der Waals surface area contributed by atoms with Crippen LogP contribution in [0.4, 0.5) is 0 Å². The first-order valence-corrected chi connectivity index (χ1v) is 9.70. The van der Waals surface area contributed by atoms with Crippen molar-refractivity contribution in [1.82, 2.24) is 29.6 Å². The smallest absolute Gasteiger partial charge is 0.269 e. The second-order valence-corrected chi connectivity index (χ2v) is 7.58. The summed E-state index contributed by atoms with van der Waals surface area (Å²) in [5, 5.41) is 7.40. The fourth-order valence-electron chi connectivity index (χ4n) is 3.08. The molecule has 0 aliphatic rings. The van der Waals surface area contributed by atoms with E-state index in [2.05, 4.69) is 20.2 Å². The molecule has 3 rings (SSSR count). The van der Waals surface area contributed by atoms with Crippen molar-refractivity contribution in [2.75, 3.05) is 5.75 Å². The molecule has 0 saturated carbocycles. The molecule has 0 bridgehead atoms. The Balaban J connectivity index is 2.00. The zero-order valence-corrected chi connectivity index (χ0v) is 16.5. The normalized spacial score (nSPS) is 11.5. The van der Waals surface area contributed by atoms with E-state index in [0.29, 0.717) is 16.1 Å². The van der Waals surface area contributed by atoms with Gasteiger partial charge in [0.2, 0.25) is 11.9 Å². The molecule has 0 spiro atoms. The second kappa shape index (κ2) is 7.91. The predicted octanol–water partition coefficient (Wildman–Crippen LogP) is 2.24. The summed E-state index contributed by atoms with van der Waals surface area (Å²) in [5.74, 6) is 0.448. The van der Waals surface area contributed by atoms with Crippen LogP contribution in [-0.2, 0) is 4.79 Å². The number of rotatable bonds is 6. The van der Waals surface area contributed by atoms with Crippen molar-refractivity contribution in [3.8, 4) is 5.95 Å². The molecule has 1 N–H and O–H groups in total. The Labute approximate surface area is 161 Å². The van der Waals surface area contributed by atoms with Crippen molar-refractivity contribution in [3.63, 3.8) is 0 Å². The van der Waals surface area contributed by atoms with Crippen molar-refractivity contribution in [2.24, 2.45) is 0 Å². The number of aromatic nitrogens is 5. The molecule has 2 heterocycles. The topological polar surface area (TPSA) is 96.8 Å². The van der Waals surface area contributed by atoms with Gasteiger partial charge in [0.05, 0.1) is 16.7 Å². The number of para-hydroxylation sites is 1. The Morgan fingerprint density at radius 1 is 1.22 bits per heavy atom. The highest BCUT2D eigenvalue weighted by atomic mass is 32.2. The van der Waals surface area contributed by atoms with Gasteiger partial charge in [-0.1, -0.05) is 23.9 Å². The summed E-state index contributed by atoms with van der Waals surface area (Å²) in [6, 6.07) is 7.30. The van der Waals surface area contributed by atoms with Gasteiger partial charge in [-0.05, 0) is 39.8 Å². The molecule has 0 saturated heterocycles. The third-order valence-corrected chi connectivity index (χ3v) is 5.01. The number of benzene rings is 1. The number of thioether (sulfide) groups is 1. The van der Waals surface area contributed by atoms with E-state index in [1.807, 2.05) is 38.7 Å². The zero-order valence-electron chi connectivity index (χ0n) is 15.7. The maximum Gasteiger partial charge on any atom is 0.269 e. The van der Waals surface area contributed by atoms with Gasteiger partial charge in [-0.3, -0.25) is 9.59 Å². The van der Waals surface area contributed by atoms with Gasteiger partial charge in [0.15, 0.2) is 5.16 Å². The Morgan fingerprint density at radius 3 is 2.56 bits per heavy atom. The lowest BCUT2D eigenvalue weighted by Gasteiger charge is -2.30. The summed E-state index contributed by atoms with van der Waals surface area (Å²) in [7, 11) is 0. The molecule has 1 amide bonds. The summed E-state index contributed by atoms with van der Waals surface area (Å²) in [6.45, 7) is 7.95. The van der Waals surface area contributed by atoms with Crippen molar-refractivity contribution in [1.29, 1.82) is 0 Å². The molecule has 142 valence electrons. The largest absolute Gasteiger partial charge is 0.337 e. The molecule has 1 aromatic carbocycles. The zero-order chi connectivity index (χ0) is 19.6. The second-order valence-electron chi connectivity index (χ2n) is 6.64. The van der Waals surface area contributed by atoms with E-state index in [0.717, 1.165) is 0 Å². The number of hydrogen-bond donors (Lipinski definition) is 1. The van der Waals surface area contributed by atoms with Gasteiger partial charge in [0.1, 0.15) is 6.33 Å². The van der Waals surface area contributed by atoms with Crippen molar-refractivity contribution in [2.45, 2.75) is 44.9 Å². The number of amides is 1. The molecule has 0 fully saturated rings. The van der Waals surface area contributed by atoms with E-state index in [1.54, 1.807) is 18.2 Å². The van der Waals surface area contributed by atoms with Gasteiger partial charge in [-0.25, -0.2) is 14.6 Å². The number of carbonyl (C=O) groups is 1. The lowest BCUT2D eigenvalue weighted by atomic mass is 10.2. The first kappa shape index (κ1) is 19.1. The van der Waals surface area contributed by atoms with Crippen LogP contribution in [0.3, 0.4) is 0 Å². The summed E-state index contributed by atoms with van der Waals surface area (Å²) in [5.41, 5.74) is 0.328. The summed E-state index contributed by atoms with van der Waals surface area (Å²) < 4.78 is 1.36. The first-order chi connectivity index (χ1) is 12.9. The van der Waals surface area contributed by atoms with Gasteiger partial charge < -0.3 is 4.90 Å². The van der Waals surface area contributed by atoms with Crippen LogP contribution in [0.1, 0.15) is 27.7 Å². The minimum Gasteiger partial charge on any atom is -0.337 e. The molecule has 0 atom stereocenters. The van der Waals surface area contributed by atoms with E-state index < -0.39 is 0 Å². The number of nitrogens with one attached hydrogen (secondary N) is 1. The molecule has 0 aliphatic carbocycles. The molecule has 8 nitrogen and oxygen atoms in total. The maximum absolute atomic E-state index is 13.0. The number of nitrogens with zero attached hydrogens (tertiary/aromatic N) is 5. The fourth-order valence-corrected chi connectivity index (χ4v) is 3.94. The molecular formula is C18H22N6O2S. The van der Waals surface area contributed by atoms with Crippen LogP contribution in [-0.4, -0.2) is 53.4 Å². The third kappa shape index (κ3) is 3.87. The summed E-state index contributed by atoms with van der Waals surface area (Å²) in [6.07, 6.45) is 1.33. The number of carbonyl (C=O) groups excluding carboxylic acids is 1. The summed E-state index contributed by atoms with van der Waals surface area (Å²) >= 11 is 1.22. The minimum absolute atomic E-state index is 0.00322. The average Bonchev–Trinajstić information content (AvgIpc) is 3.13. The minimum atomic E-state index is -0.253. The molecule has 0 unspecified atom stereocenters. The molecule has 9 heteroatoms. The number of fused-ring (bicyclic) bond motifs is 1. The third-order valence-electron chi connectivity index (χ3n) is 4.08. The van der Waals surface area contributed by atoms with Gasteiger partial charge in [-0.2, -0.15) is 10.1 Å². The van der Waals surface area contributed by atoms with Crippen molar-refractivity contribution < 1.29 is 4.79 Å². The van der Waals surface area contributed by atoms with Crippen LogP contribution in [0.25, 0.3) is 16.9 Å². The highest BCUT2D eigenvalue weighted by molar-refractivity contribution is 7.99. The predicted molar refractivity (Wildman–Crippen MR) is 105 cm³/mol. The van der Waals surface area contributed by atoms with Gasteiger partial charge in [0, 0.05) is 12.1 Å². The monoisotopic (exact) mass is 386 g/mol. The maximum atomic E-state index is 13.0. The van der Waals surface area contributed by atoms with E-state index in [-0.39, 0.29) is 35.3 Å². The Hall–Kier alpha value is -2.68. The highest BCUT2D eigenvalue weighted by Crippen LogP contribution is 2.21. The average molecular weight is 386 g/mol. The number of aromatic amines is 1. The Bertz CT molecular complexity index is 989. The first-order valence-electron chi connectivity index (χ1n) is 8.71. The van der Waals surface area contributed by atoms with Crippen molar-refractivity contribution in [3.05, 3.63) is 40.9 Å². The number of hydrogen-bond acceptors (Lipinski definition) is 6. The lowest BCUT2D eigenvalue weighted by Crippen LogP contribution is -2.43. The van der Waals surface area contributed by atoms with E-state index in [1.165, 1.54) is 22.7 Å². The molecule has 27 heavy (non-hydrogen) atoms. The fraction of sp³-hybridized carbons (Fsp3) is 0.389. The molecule has 3 aromatic rings. The lowest BCUT2D eigenvalue weighted by molar-refractivity contribution is -0.131. The van der Waals surface area contributed by atoms with Gasteiger partial charge in [-0.15, -0.1) is 0 Å². The quantitative estimate of drug-likeness (QED) is 0.515. The molecular weight excluding hydrogens is 364 g/mol. The van der Waals surface area contributed by atoms with Crippen LogP contribution in [0.15, 0.2) is 40.5 Å². The van der Waals surface area contributed by atoms with Crippen LogP contribution >= 0.6 is 11.8 Å². The van der Waals surface area contributed by atoms with Gasteiger partial charge >= 0.3 is 0 Å². The summed E-state index contributed by atoms with van der Waals surface area (Å²) in [4.78, 5) is 36.2. The van der Waals surface area contributed by atoms with E-state index in [9.17, 15) is 9.59 Å². The van der Waals surface area contributed by atoms with Crippen LogP contribution in [0.2, 0.25) is 0 Å². The van der Waals surface area contributed by atoms with Crippen LogP contribution < -0.4 is 5.56 Å². The molecule has 0 aliphatic heterocycles. The van der Waals surface area contributed by atoms with Crippen LogP contribution in [0.5, 0.6) is 0 Å². The Morgan fingerprint density at radius 2 is 1.93 bits per heavy atom.